The lowest BCUT2D eigenvalue weighted by molar-refractivity contribution is -0.134. The molecule has 4 heteroatoms. The molecular formula is C8H12N2O2. The fourth-order valence-corrected chi connectivity index (χ4v) is 0.848. The number of carbonyl (C=O) groups is 1. The van der Waals surface area contributed by atoms with E-state index in [2.05, 4.69) is 10.2 Å². The Morgan fingerprint density at radius 3 is 2.67 bits per heavy atom. The molecule has 0 amide bonds. The minimum Gasteiger partial charge on any atom is -0.376 e. The molecule has 0 saturated heterocycles. The zero-order valence-electron chi connectivity index (χ0n) is 7.38. The maximum absolute atomic E-state index is 11.0. The topological polar surface area (TPSA) is 66.0 Å². The van der Waals surface area contributed by atoms with Crippen molar-refractivity contribution in [2.45, 2.75) is 26.4 Å². The third kappa shape index (κ3) is 1.38. The summed E-state index contributed by atoms with van der Waals surface area (Å²) < 4.78 is 0. The van der Waals surface area contributed by atoms with Crippen LogP contribution in [-0.2, 0) is 10.4 Å². The number of aryl methyl sites for hydroxylation is 1. The minimum atomic E-state index is -1.47. The average Bonchev–Trinajstić information content (AvgIpc) is 2.35. The Morgan fingerprint density at radius 2 is 2.33 bits per heavy atom. The molecule has 1 aromatic rings. The molecule has 1 heterocycles. The Morgan fingerprint density at radius 1 is 1.75 bits per heavy atom. The molecule has 0 radical (unpaired) electrons. The van der Waals surface area contributed by atoms with Crippen LogP contribution in [0.25, 0.3) is 0 Å². The maximum Gasteiger partial charge on any atom is 0.167 e. The van der Waals surface area contributed by atoms with E-state index in [-0.39, 0.29) is 5.78 Å². The molecule has 1 aromatic heterocycles. The van der Waals surface area contributed by atoms with Crippen LogP contribution in [0.1, 0.15) is 25.2 Å². The van der Waals surface area contributed by atoms with Crippen LogP contribution in [-0.4, -0.2) is 21.1 Å². The van der Waals surface area contributed by atoms with Gasteiger partial charge in [-0.3, -0.25) is 9.89 Å². The largest absolute Gasteiger partial charge is 0.376 e. The summed E-state index contributed by atoms with van der Waals surface area (Å²) in [6.07, 6.45) is 0. The van der Waals surface area contributed by atoms with Crippen LogP contribution in [0.5, 0.6) is 0 Å². The summed E-state index contributed by atoms with van der Waals surface area (Å²) in [6.45, 7) is 4.58. The van der Waals surface area contributed by atoms with Gasteiger partial charge >= 0.3 is 0 Å². The van der Waals surface area contributed by atoms with E-state index in [1.165, 1.54) is 13.8 Å². The van der Waals surface area contributed by atoms with Gasteiger partial charge in [0.05, 0.1) is 0 Å². The van der Waals surface area contributed by atoms with Gasteiger partial charge < -0.3 is 5.11 Å². The molecule has 0 fully saturated rings. The van der Waals surface area contributed by atoms with E-state index in [4.69, 9.17) is 0 Å². The molecule has 4 nitrogen and oxygen atoms in total. The van der Waals surface area contributed by atoms with Gasteiger partial charge in [0.1, 0.15) is 5.69 Å². The lowest BCUT2D eigenvalue weighted by Gasteiger charge is -2.15. The van der Waals surface area contributed by atoms with Gasteiger partial charge in [0.2, 0.25) is 0 Å². The highest BCUT2D eigenvalue weighted by molar-refractivity contribution is 5.85. The molecule has 2 N–H and O–H groups in total. The van der Waals surface area contributed by atoms with E-state index >= 15 is 0 Å². The fraction of sp³-hybridized carbons (Fsp3) is 0.500. The number of nitrogens with one attached hydrogen (secondary N) is 1. The van der Waals surface area contributed by atoms with E-state index in [1.807, 2.05) is 6.92 Å². The molecule has 1 unspecified atom stereocenters. The third-order valence-corrected chi connectivity index (χ3v) is 1.89. The van der Waals surface area contributed by atoms with Gasteiger partial charge in [-0.15, -0.1) is 0 Å². The number of carbonyl (C=O) groups excluding carboxylic acids is 1. The first-order valence-corrected chi connectivity index (χ1v) is 3.70. The summed E-state index contributed by atoms with van der Waals surface area (Å²) in [5, 5.41) is 16.1. The fourth-order valence-electron chi connectivity index (χ4n) is 0.848. The quantitative estimate of drug-likeness (QED) is 0.676. The summed E-state index contributed by atoms with van der Waals surface area (Å²) in [5.41, 5.74) is -0.274. The van der Waals surface area contributed by atoms with E-state index in [1.54, 1.807) is 6.07 Å². The van der Waals surface area contributed by atoms with Crippen LogP contribution in [0.4, 0.5) is 0 Å². The summed E-state index contributed by atoms with van der Waals surface area (Å²) in [6, 6.07) is 1.65. The number of hydrogen-bond donors (Lipinski definition) is 2. The molecule has 0 bridgehead atoms. The number of nitrogens with zero attached hydrogens (tertiary/aromatic N) is 1. The van der Waals surface area contributed by atoms with Crippen molar-refractivity contribution in [2.24, 2.45) is 0 Å². The van der Waals surface area contributed by atoms with Gasteiger partial charge in [0.25, 0.3) is 0 Å². The van der Waals surface area contributed by atoms with Crippen molar-refractivity contribution in [3.05, 3.63) is 17.5 Å². The molecule has 0 saturated carbocycles. The third-order valence-electron chi connectivity index (χ3n) is 1.89. The van der Waals surface area contributed by atoms with Gasteiger partial charge in [0, 0.05) is 5.69 Å². The van der Waals surface area contributed by atoms with Crippen molar-refractivity contribution in [2.75, 3.05) is 0 Å². The molecule has 0 aliphatic rings. The minimum absolute atomic E-state index is 0.311. The summed E-state index contributed by atoms with van der Waals surface area (Å²) in [4.78, 5) is 11.0. The second-order valence-corrected chi connectivity index (χ2v) is 3.06. The van der Waals surface area contributed by atoms with E-state index in [0.717, 1.165) is 5.69 Å². The summed E-state index contributed by atoms with van der Waals surface area (Å²) in [5.74, 6) is -0.311. The molecule has 0 aliphatic carbocycles. The zero-order chi connectivity index (χ0) is 9.35. The SMILES string of the molecule is CC(=O)C(C)(O)c1cc(C)[nH]n1. The van der Waals surface area contributed by atoms with Crippen LogP contribution in [0.3, 0.4) is 0 Å². The number of aliphatic hydroxyl groups is 1. The molecule has 0 aliphatic heterocycles. The highest BCUT2D eigenvalue weighted by Gasteiger charge is 2.31. The molecule has 66 valence electrons. The van der Waals surface area contributed by atoms with Crippen molar-refractivity contribution in [3.8, 4) is 0 Å². The maximum atomic E-state index is 11.0. The molecule has 1 rings (SSSR count). The first-order chi connectivity index (χ1) is 5.44. The molecule has 0 aromatic carbocycles. The molecule has 12 heavy (non-hydrogen) atoms. The van der Waals surface area contributed by atoms with Crippen molar-refractivity contribution >= 4 is 5.78 Å². The highest BCUT2D eigenvalue weighted by atomic mass is 16.3. The Balaban J connectivity index is 3.05. The predicted molar refractivity (Wildman–Crippen MR) is 43.6 cm³/mol. The number of rotatable bonds is 2. The molecule has 1 atom stereocenters. The standard InChI is InChI=1S/C8H12N2O2/c1-5-4-7(10-9-5)8(3,12)6(2)11/h4,12H,1-3H3,(H,9,10). The van der Waals surface area contributed by atoms with Gasteiger partial charge in [-0.25, -0.2) is 0 Å². The number of Topliss-reactive ketones (excluding diaryl/α,β-unsaturated/α-hetero) is 1. The number of aromatic nitrogens is 2. The predicted octanol–water partition coefficient (Wildman–Crippen LogP) is 0.515. The normalized spacial score (nSPS) is 15.7. The van der Waals surface area contributed by atoms with Gasteiger partial charge in [-0.1, -0.05) is 0 Å². The Hall–Kier alpha value is -1.16. The van der Waals surface area contributed by atoms with E-state index in [0.29, 0.717) is 5.69 Å². The second-order valence-electron chi connectivity index (χ2n) is 3.06. The smallest absolute Gasteiger partial charge is 0.167 e. The zero-order valence-corrected chi connectivity index (χ0v) is 7.38. The Bertz CT molecular complexity index is 302. The lowest BCUT2D eigenvalue weighted by Crippen LogP contribution is -2.30. The van der Waals surface area contributed by atoms with Gasteiger partial charge in [-0.2, -0.15) is 5.10 Å². The van der Waals surface area contributed by atoms with Crippen LogP contribution >= 0.6 is 0 Å². The second kappa shape index (κ2) is 2.71. The van der Waals surface area contributed by atoms with Crippen molar-refractivity contribution < 1.29 is 9.90 Å². The summed E-state index contributed by atoms with van der Waals surface area (Å²) in [7, 11) is 0. The molecular weight excluding hydrogens is 156 g/mol. The average molecular weight is 168 g/mol. The number of H-pyrrole nitrogens is 1. The van der Waals surface area contributed by atoms with Crippen molar-refractivity contribution in [1.82, 2.24) is 10.2 Å². The van der Waals surface area contributed by atoms with Crippen LogP contribution in [0.15, 0.2) is 6.07 Å². The number of ketones is 1. The Kier molecular flexibility index (Phi) is 2.02. The highest BCUT2D eigenvalue weighted by Crippen LogP contribution is 2.19. The van der Waals surface area contributed by atoms with Crippen LogP contribution in [0, 0.1) is 6.92 Å². The summed E-state index contributed by atoms with van der Waals surface area (Å²) >= 11 is 0. The first-order valence-electron chi connectivity index (χ1n) is 3.70. The van der Waals surface area contributed by atoms with Crippen LogP contribution in [0.2, 0.25) is 0 Å². The van der Waals surface area contributed by atoms with Gasteiger partial charge in [-0.05, 0) is 26.8 Å². The van der Waals surface area contributed by atoms with Gasteiger partial charge in [0.15, 0.2) is 11.4 Å². The van der Waals surface area contributed by atoms with E-state index < -0.39 is 5.60 Å². The monoisotopic (exact) mass is 168 g/mol. The van der Waals surface area contributed by atoms with Crippen LogP contribution < -0.4 is 0 Å². The lowest BCUT2D eigenvalue weighted by atomic mass is 9.98. The van der Waals surface area contributed by atoms with Crippen molar-refractivity contribution in [1.29, 1.82) is 0 Å². The van der Waals surface area contributed by atoms with E-state index in [9.17, 15) is 9.90 Å². The number of aromatic amines is 1. The first kappa shape index (κ1) is 8.93. The number of hydrogen-bond acceptors (Lipinski definition) is 3. The Labute approximate surface area is 70.6 Å². The molecule has 0 spiro atoms. The van der Waals surface area contributed by atoms with Crippen molar-refractivity contribution in [3.63, 3.8) is 0 Å².